The molecule has 0 atom stereocenters. The number of aromatic nitrogens is 1. The number of carboxylic acid groups (broad SMARTS) is 1. The summed E-state index contributed by atoms with van der Waals surface area (Å²) in [6.07, 6.45) is 1.45. The first-order chi connectivity index (χ1) is 9.04. The molecular formula is C11H13N3O5. The first kappa shape index (κ1) is 14.4. The summed E-state index contributed by atoms with van der Waals surface area (Å²) in [6, 6.07) is 3.05. The first-order valence-electron chi connectivity index (χ1n) is 5.30. The molecule has 1 amide bonds. The Balaban J connectivity index is 2.60. The standard InChI is InChI=1S/C11H13N3O5/c1-19-11(18)7-3-2-4-12-10(7)14-5-8(15)13-6-9(16)17/h2-4H,5-6H2,1H3,(H,12,14)(H,13,15)(H,16,17). The quantitative estimate of drug-likeness (QED) is 0.593. The van der Waals surface area contributed by atoms with Crippen LogP contribution in [0.4, 0.5) is 5.82 Å². The van der Waals surface area contributed by atoms with Crippen LogP contribution in [-0.2, 0) is 14.3 Å². The molecule has 0 fully saturated rings. The van der Waals surface area contributed by atoms with Gasteiger partial charge in [-0.15, -0.1) is 0 Å². The van der Waals surface area contributed by atoms with Crippen LogP contribution in [0.1, 0.15) is 10.4 Å². The maximum absolute atomic E-state index is 11.4. The summed E-state index contributed by atoms with van der Waals surface area (Å²) in [5.74, 6) is -2.05. The number of nitrogens with zero attached hydrogens (tertiary/aromatic N) is 1. The Hall–Kier alpha value is -2.64. The fraction of sp³-hybridized carbons (Fsp3) is 0.273. The number of ether oxygens (including phenoxy) is 1. The van der Waals surface area contributed by atoms with Gasteiger partial charge in [0.2, 0.25) is 5.91 Å². The van der Waals surface area contributed by atoms with E-state index in [0.29, 0.717) is 0 Å². The van der Waals surface area contributed by atoms with E-state index in [9.17, 15) is 14.4 Å². The van der Waals surface area contributed by atoms with Crippen molar-refractivity contribution in [1.82, 2.24) is 10.3 Å². The molecule has 8 heteroatoms. The molecule has 0 aliphatic rings. The molecule has 3 N–H and O–H groups in total. The lowest BCUT2D eigenvalue weighted by atomic mass is 10.2. The van der Waals surface area contributed by atoms with E-state index in [-0.39, 0.29) is 17.9 Å². The van der Waals surface area contributed by atoms with Gasteiger partial charge in [0.1, 0.15) is 17.9 Å². The molecule has 8 nitrogen and oxygen atoms in total. The number of aliphatic carboxylic acids is 1. The van der Waals surface area contributed by atoms with E-state index >= 15 is 0 Å². The zero-order chi connectivity index (χ0) is 14.3. The Kier molecular flexibility index (Phi) is 5.27. The molecule has 102 valence electrons. The number of hydrogen-bond donors (Lipinski definition) is 3. The Morgan fingerprint density at radius 1 is 1.37 bits per heavy atom. The Morgan fingerprint density at radius 3 is 2.74 bits per heavy atom. The number of carbonyl (C=O) groups excluding carboxylic acids is 2. The maximum Gasteiger partial charge on any atom is 0.341 e. The summed E-state index contributed by atoms with van der Waals surface area (Å²) in [5, 5.41) is 13.2. The number of methoxy groups -OCH3 is 1. The number of hydrogen-bond acceptors (Lipinski definition) is 6. The topological polar surface area (TPSA) is 118 Å². The van der Waals surface area contributed by atoms with Crippen LogP contribution in [-0.4, -0.2) is 48.1 Å². The van der Waals surface area contributed by atoms with Crippen molar-refractivity contribution in [3.05, 3.63) is 23.9 Å². The van der Waals surface area contributed by atoms with Gasteiger partial charge in [0.25, 0.3) is 0 Å². The highest BCUT2D eigenvalue weighted by Gasteiger charge is 2.13. The monoisotopic (exact) mass is 267 g/mol. The highest BCUT2D eigenvalue weighted by atomic mass is 16.5. The minimum atomic E-state index is -1.14. The molecule has 1 aromatic rings. The van der Waals surface area contributed by atoms with Crippen molar-refractivity contribution in [2.75, 3.05) is 25.5 Å². The van der Waals surface area contributed by atoms with Crippen molar-refractivity contribution in [3.8, 4) is 0 Å². The second-order valence-corrected chi connectivity index (χ2v) is 3.42. The lowest BCUT2D eigenvalue weighted by Gasteiger charge is -2.09. The Bertz CT molecular complexity index is 489. The van der Waals surface area contributed by atoms with Gasteiger partial charge in [-0.2, -0.15) is 0 Å². The van der Waals surface area contributed by atoms with Crippen LogP contribution >= 0.6 is 0 Å². The zero-order valence-corrected chi connectivity index (χ0v) is 10.2. The molecule has 1 rings (SSSR count). The van der Waals surface area contributed by atoms with Crippen LogP contribution in [0.2, 0.25) is 0 Å². The summed E-state index contributed by atoms with van der Waals surface area (Å²) in [7, 11) is 1.23. The third kappa shape index (κ3) is 4.62. The largest absolute Gasteiger partial charge is 0.480 e. The molecule has 0 spiro atoms. The maximum atomic E-state index is 11.4. The van der Waals surface area contributed by atoms with Crippen LogP contribution in [0.15, 0.2) is 18.3 Å². The van der Waals surface area contributed by atoms with Gasteiger partial charge in [-0.05, 0) is 12.1 Å². The number of esters is 1. The van der Waals surface area contributed by atoms with Crippen molar-refractivity contribution in [1.29, 1.82) is 0 Å². The van der Waals surface area contributed by atoms with Crippen LogP contribution < -0.4 is 10.6 Å². The van der Waals surface area contributed by atoms with Crippen molar-refractivity contribution in [2.24, 2.45) is 0 Å². The van der Waals surface area contributed by atoms with Gasteiger partial charge in [-0.3, -0.25) is 9.59 Å². The van der Waals surface area contributed by atoms with E-state index in [2.05, 4.69) is 20.4 Å². The molecule has 0 aliphatic carbocycles. The third-order valence-electron chi connectivity index (χ3n) is 2.07. The van der Waals surface area contributed by atoms with Gasteiger partial charge in [0.05, 0.1) is 13.7 Å². The third-order valence-corrected chi connectivity index (χ3v) is 2.07. The molecule has 19 heavy (non-hydrogen) atoms. The molecule has 0 saturated heterocycles. The second-order valence-electron chi connectivity index (χ2n) is 3.42. The van der Waals surface area contributed by atoms with Gasteiger partial charge < -0.3 is 20.5 Å². The SMILES string of the molecule is COC(=O)c1cccnc1NCC(=O)NCC(=O)O. The number of amides is 1. The molecule has 0 radical (unpaired) electrons. The summed E-state index contributed by atoms with van der Waals surface area (Å²) in [4.78, 5) is 36.9. The average molecular weight is 267 g/mol. The zero-order valence-electron chi connectivity index (χ0n) is 10.2. The summed E-state index contributed by atoms with van der Waals surface area (Å²) >= 11 is 0. The summed E-state index contributed by atoms with van der Waals surface area (Å²) in [6.45, 7) is -0.666. The molecular weight excluding hydrogens is 254 g/mol. The van der Waals surface area contributed by atoms with Gasteiger partial charge >= 0.3 is 11.9 Å². The number of rotatable bonds is 6. The normalized spacial score (nSPS) is 9.53. The van der Waals surface area contributed by atoms with E-state index < -0.39 is 24.4 Å². The predicted molar refractivity (Wildman–Crippen MR) is 64.7 cm³/mol. The minimum Gasteiger partial charge on any atom is -0.480 e. The van der Waals surface area contributed by atoms with Gasteiger partial charge in [-0.1, -0.05) is 0 Å². The van der Waals surface area contributed by atoms with Crippen molar-refractivity contribution >= 4 is 23.7 Å². The summed E-state index contributed by atoms with van der Waals surface area (Å²) < 4.78 is 4.57. The average Bonchev–Trinajstić information content (AvgIpc) is 2.42. The Labute approximate surface area is 108 Å². The van der Waals surface area contributed by atoms with Crippen LogP contribution in [0.25, 0.3) is 0 Å². The van der Waals surface area contributed by atoms with Crippen molar-refractivity contribution in [3.63, 3.8) is 0 Å². The van der Waals surface area contributed by atoms with Crippen LogP contribution in [0.3, 0.4) is 0 Å². The van der Waals surface area contributed by atoms with Crippen molar-refractivity contribution in [2.45, 2.75) is 0 Å². The van der Waals surface area contributed by atoms with Crippen LogP contribution in [0.5, 0.6) is 0 Å². The molecule has 0 unspecified atom stereocenters. The lowest BCUT2D eigenvalue weighted by Crippen LogP contribution is -2.34. The van der Waals surface area contributed by atoms with Gasteiger partial charge in [0.15, 0.2) is 0 Å². The number of carboxylic acids is 1. The fourth-order valence-electron chi connectivity index (χ4n) is 1.22. The molecule has 0 aromatic carbocycles. The molecule has 0 aliphatic heterocycles. The van der Waals surface area contributed by atoms with Gasteiger partial charge in [0, 0.05) is 6.20 Å². The molecule has 0 saturated carbocycles. The smallest absolute Gasteiger partial charge is 0.341 e. The number of pyridine rings is 1. The molecule has 0 bridgehead atoms. The fourth-order valence-corrected chi connectivity index (χ4v) is 1.22. The minimum absolute atomic E-state index is 0.191. The highest BCUT2D eigenvalue weighted by molar-refractivity contribution is 5.95. The number of nitrogens with one attached hydrogen (secondary N) is 2. The van der Waals surface area contributed by atoms with E-state index in [1.54, 1.807) is 6.07 Å². The number of carbonyl (C=O) groups is 3. The second kappa shape index (κ2) is 6.94. The molecule has 1 aromatic heterocycles. The van der Waals surface area contributed by atoms with Gasteiger partial charge in [-0.25, -0.2) is 9.78 Å². The molecule has 1 heterocycles. The highest BCUT2D eigenvalue weighted by Crippen LogP contribution is 2.11. The Morgan fingerprint density at radius 2 is 2.11 bits per heavy atom. The first-order valence-corrected chi connectivity index (χ1v) is 5.30. The predicted octanol–water partition coefficient (Wildman–Crippen LogP) is -0.519. The van der Waals surface area contributed by atoms with Crippen molar-refractivity contribution < 1.29 is 24.2 Å². The van der Waals surface area contributed by atoms with E-state index in [1.165, 1.54) is 19.4 Å². The van der Waals surface area contributed by atoms with E-state index in [1.807, 2.05) is 0 Å². The number of anilines is 1. The summed E-state index contributed by atoms with van der Waals surface area (Å²) in [5.41, 5.74) is 0.191. The lowest BCUT2D eigenvalue weighted by molar-refractivity contribution is -0.137. The van der Waals surface area contributed by atoms with Crippen LogP contribution in [0, 0.1) is 0 Å². The van der Waals surface area contributed by atoms with E-state index in [4.69, 9.17) is 5.11 Å². The van der Waals surface area contributed by atoms with E-state index in [0.717, 1.165) is 0 Å².